The third-order valence-electron chi connectivity index (χ3n) is 5.06. The zero-order valence-electron chi connectivity index (χ0n) is 18.3. The van der Waals surface area contributed by atoms with Gasteiger partial charge in [-0.3, -0.25) is 4.79 Å². The zero-order valence-corrected chi connectivity index (χ0v) is 20.5. The maximum Gasteiger partial charge on any atom is 0.335 e. The highest BCUT2D eigenvalue weighted by Crippen LogP contribution is 2.31. The molecule has 0 aromatic heterocycles. The number of anilines is 1. The Labute approximate surface area is 201 Å². The van der Waals surface area contributed by atoms with Crippen LogP contribution in [0.5, 0.6) is 0 Å². The van der Waals surface area contributed by atoms with Crippen LogP contribution in [-0.4, -0.2) is 26.9 Å². The summed E-state index contributed by atoms with van der Waals surface area (Å²) in [6.45, 7) is 2.23. The Kier molecular flexibility index (Phi) is 14.0. The highest BCUT2D eigenvalue weighted by Gasteiger charge is 2.34. The number of halogens is 3. The first-order valence-corrected chi connectivity index (χ1v) is 12.3. The molecule has 0 aliphatic heterocycles. The van der Waals surface area contributed by atoms with E-state index >= 15 is 0 Å². The lowest BCUT2D eigenvalue weighted by Crippen LogP contribution is -2.49. The summed E-state index contributed by atoms with van der Waals surface area (Å²) >= 11 is 18.0. The van der Waals surface area contributed by atoms with Crippen molar-refractivity contribution in [2.45, 2.75) is 93.9 Å². The van der Waals surface area contributed by atoms with E-state index in [-0.39, 0.29) is 11.5 Å². The molecule has 0 radical (unpaired) electrons. The summed E-state index contributed by atoms with van der Waals surface area (Å²) in [5, 5.41) is 14.7. The lowest BCUT2D eigenvalue weighted by Gasteiger charge is -2.27. The number of aromatic carboxylic acids is 1. The SMILES string of the molecule is CCCCCCCCCCCCCC(=O)NC(Nc1cccc(C(=O)O)c1)C(Cl)(Cl)Cl. The van der Waals surface area contributed by atoms with Gasteiger partial charge in [-0.15, -0.1) is 0 Å². The molecule has 31 heavy (non-hydrogen) atoms. The average Bonchev–Trinajstić information content (AvgIpc) is 2.71. The Morgan fingerprint density at radius 2 is 1.48 bits per heavy atom. The van der Waals surface area contributed by atoms with E-state index < -0.39 is 15.9 Å². The lowest BCUT2D eigenvalue weighted by atomic mass is 10.1. The van der Waals surface area contributed by atoms with Crippen molar-refractivity contribution in [3.8, 4) is 0 Å². The number of hydrogen-bond donors (Lipinski definition) is 3. The van der Waals surface area contributed by atoms with Crippen LogP contribution in [-0.2, 0) is 4.79 Å². The van der Waals surface area contributed by atoms with Crippen LogP contribution in [0.2, 0.25) is 0 Å². The molecule has 0 saturated heterocycles. The molecule has 176 valence electrons. The van der Waals surface area contributed by atoms with Crippen molar-refractivity contribution in [3.05, 3.63) is 29.8 Å². The largest absolute Gasteiger partial charge is 0.478 e. The van der Waals surface area contributed by atoms with Crippen molar-refractivity contribution >= 4 is 52.4 Å². The van der Waals surface area contributed by atoms with Gasteiger partial charge in [-0.2, -0.15) is 0 Å². The van der Waals surface area contributed by atoms with Gasteiger partial charge < -0.3 is 15.7 Å². The van der Waals surface area contributed by atoms with E-state index in [1.807, 2.05) is 0 Å². The standard InChI is InChI=1S/C23H35Cl3N2O3/c1-2-3-4-5-6-7-8-9-10-11-12-16-20(29)28-22(23(24,25)26)27-19-15-13-14-18(17-19)21(30)31/h13-15,17,22,27H,2-12,16H2,1H3,(H,28,29)(H,30,31). The van der Waals surface area contributed by atoms with Crippen LogP contribution < -0.4 is 10.6 Å². The van der Waals surface area contributed by atoms with E-state index in [1.54, 1.807) is 12.1 Å². The number of rotatable bonds is 16. The number of carbonyl (C=O) groups is 2. The van der Waals surface area contributed by atoms with Gasteiger partial charge in [0.25, 0.3) is 0 Å². The molecular weight excluding hydrogens is 459 g/mol. The number of unbranched alkanes of at least 4 members (excludes halogenated alkanes) is 10. The molecule has 0 aliphatic carbocycles. The van der Waals surface area contributed by atoms with Crippen molar-refractivity contribution in [1.82, 2.24) is 5.32 Å². The lowest BCUT2D eigenvalue weighted by molar-refractivity contribution is -0.121. The molecule has 0 fully saturated rings. The van der Waals surface area contributed by atoms with Gasteiger partial charge in [0.1, 0.15) is 6.17 Å². The van der Waals surface area contributed by atoms with E-state index in [0.29, 0.717) is 12.1 Å². The van der Waals surface area contributed by atoms with Crippen LogP contribution in [0.1, 0.15) is 94.3 Å². The Morgan fingerprint density at radius 3 is 2.00 bits per heavy atom. The second-order valence-electron chi connectivity index (χ2n) is 7.86. The van der Waals surface area contributed by atoms with Gasteiger partial charge in [0.15, 0.2) is 0 Å². The molecule has 0 saturated carbocycles. The number of carboxylic acids is 1. The van der Waals surface area contributed by atoms with E-state index in [4.69, 9.17) is 39.9 Å². The molecule has 1 amide bonds. The van der Waals surface area contributed by atoms with Crippen molar-refractivity contribution in [1.29, 1.82) is 0 Å². The van der Waals surface area contributed by atoms with Gasteiger partial charge in [0.05, 0.1) is 5.56 Å². The topological polar surface area (TPSA) is 78.4 Å². The molecule has 5 nitrogen and oxygen atoms in total. The Balaban J connectivity index is 2.30. The minimum atomic E-state index is -1.80. The summed E-state index contributed by atoms with van der Waals surface area (Å²) in [7, 11) is 0. The van der Waals surface area contributed by atoms with E-state index in [1.165, 1.54) is 63.5 Å². The summed E-state index contributed by atoms with van der Waals surface area (Å²) in [5.74, 6) is -1.27. The maximum absolute atomic E-state index is 12.3. The van der Waals surface area contributed by atoms with Gasteiger partial charge >= 0.3 is 5.97 Å². The molecule has 1 rings (SSSR count). The Bertz CT molecular complexity index is 666. The number of hydrogen-bond acceptors (Lipinski definition) is 3. The summed E-state index contributed by atoms with van der Waals surface area (Å²) in [6, 6.07) is 6.10. The highest BCUT2D eigenvalue weighted by molar-refractivity contribution is 6.68. The van der Waals surface area contributed by atoms with Crippen molar-refractivity contribution < 1.29 is 14.7 Å². The van der Waals surface area contributed by atoms with Gasteiger partial charge in [0.2, 0.25) is 9.70 Å². The molecular formula is C23H35Cl3N2O3. The summed E-state index contributed by atoms with van der Waals surface area (Å²) in [5.41, 5.74) is 0.534. The number of carbonyl (C=O) groups excluding carboxylic acids is 1. The quantitative estimate of drug-likeness (QED) is 0.128. The number of amides is 1. The summed E-state index contributed by atoms with van der Waals surface area (Å²) in [6.07, 6.45) is 12.7. The first-order chi connectivity index (χ1) is 14.7. The molecule has 1 aromatic carbocycles. The molecule has 0 aliphatic rings. The molecule has 0 heterocycles. The van der Waals surface area contributed by atoms with E-state index in [0.717, 1.165) is 19.3 Å². The third-order valence-corrected chi connectivity index (χ3v) is 5.72. The summed E-state index contributed by atoms with van der Waals surface area (Å²) in [4.78, 5) is 23.4. The molecule has 3 N–H and O–H groups in total. The smallest absolute Gasteiger partial charge is 0.335 e. The molecule has 1 unspecified atom stereocenters. The fourth-order valence-electron chi connectivity index (χ4n) is 3.29. The zero-order chi connectivity index (χ0) is 23.1. The van der Waals surface area contributed by atoms with Gasteiger partial charge in [0, 0.05) is 12.1 Å². The molecule has 0 spiro atoms. The second kappa shape index (κ2) is 15.6. The predicted molar refractivity (Wildman–Crippen MR) is 130 cm³/mol. The van der Waals surface area contributed by atoms with Gasteiger partial charge in [-0.25, -0.2) is 4.79 Å². The van der Waals surface area contributed by atoms with Gasteiger partial charge in [-0.05, 0) is 24.6 Å². The van der Waals surface area contributed by atoms with Crippen molar-refractivity contribution in [2.75, 3.05) is 5.32 Å². The maximum atomic E-state index is 12.3. The van der Waals surface area contributed by atoms with Crippen LogP contribution in [0.4, 0.5) is 5.69 Å². The number of alkyl halides is 3. The number of benzene rings is 1. The Morgan fingerprint density at radius 1 is 0.935 bits per heavy atom. The minimum absolute atomic E-state index is 0.0975. The van der Waals surface area contributed by atoms with Crippen LogP contribution >= 0.6 is 34.8 Å². The van der Waals surface area contributed by atoms with Gasteiger partial charge in [-0.1, -0.05) is 112 Å². The third kappa shape index (κ3) is 13.1. The minimum Gasteiger partial charge on any atom is -0.478 e. The van der Waals surface area contributed by atoms with Crippen molar-refractivity contribution in [3.63, 3.8) is 0 Å². The first-order valence-electron chi connectivity index (χ1n) is 11.2. The molecule has 0 bridgehead atoms. The first kappa shape index (κ1) is 27.9. The average molecular weight is 494 g/mol. The van der Waals surface area contributed by atoms with Crippen molar-refractivity contribution in [2.24, 2.45) is 0 Å². The normalized spacial score (nSPS) is 12.4. The molecule has 1 atom stereocenters. The van der Waals surface area contributed by atoms with Crippen LogP contribution in [0.25, 0.3) is 0 Å². The number of nitrogens with one attached hydrogen (secondary N) is 2. The Hall–Kier alpha value is -1.17. The monoisotopic (exact) mass is 492 g/mol. The fraction of sp³-hybridized carbons (Fsp3) is 0.652. The molecule has 1 aromatic rings. The van der Waals surface area contributed by atoms with E-state index in [2.05, 4.69) is 17.6 Å². The van der Waals surface area contributed by atoms with Crippen LogP contribution in [0, 0.1) is 0 Å². The van der Waals surface area contributed by atoms with Crippen LogP contribution in [0.15, 0.2) is 24.3 Å². The predicted octanol–water partition coefficient (Wildman–Crippen LogP) is 7.31. The van der Waals surface area contributed by atoms with Crippen LogP contribution in [0.3, 0.4) is 0 Å². The summed E-state index contributed by atoms with van der Waals surface area (Å²) < 4.78 is -1.80. The second-order valence-corrected chi connectivity index (χ2v) is 10.2. The fourth-order valence-corrected chi connectivity index (χ4v) is 3.62. The molecule has 8 heteroatoms. The van der Waals surface area contributed by atoms with E-state index in [9.17, 15) is 9.59 Å². The highest BCUT2D eigenvalue weighted by atomic mass is 35.6. The number of carboxylic acid groups (broad SMARTS) is 1.